The third-order valence-electron chi connectivity index (χ3n) is 5.16. The Kier molecular flexibility index (Phi) is 5.96. The number of nitrogens with two attached hydrogens (primary N) is 1. The molecule has 0 spiro atoms. The molecule has 1 aromatic rings. The van der Waals surface area contributed by atoms with Gasteiger partial charge in [0, 0.05) is 19.7 Å². The number of amides is 1. The zero-order valence-electron chi connectivity index (χ0n) is 14.9. The van der Waals surface area contributed by atoms with E-state index >= 15 is 0 Å². The maximum absolute atomic E-state index is 12.3. The minimum Gasteiger partial charge on any atom is -0.377 e. The lowest BCUT2D eigenvalue weighted by Gasteiger charge is -2.22. The molecule has 0 radical (unpaired) electrons. The smallest absolute Gasteiger partial charge is 0.240 e. The van der Waals surface area contributed by atoms with Crippen LogP contribution in [0.15, 0.2) is 29.2 Å². The highest BCUT2D eigenvalue weighted by molar-refractivity contribution is 7.89. The molecule has 1 aliphatic carbocycles. The van der Waals surface area contributed by atoms with Gasteiger partial charge in [-0.25, -0.2) is 13.1 Å². The third-order valence-corrected chi connectivity index (χ3v) is 6.60. The summed E-state index contributed by atoms with van der Waals surface area (Å²) in [6.45, 7) is 1.32. The van der Waals surface area contributed by atoms with Crippen molar-refractivity contribution in [3.63, 3.8) is 0 Å². The van der Waals surface area contributed by atoms with E-state index in [1.54, 1.807) is 24.3 Å². The normalized spacial score (nSPS) is 22.4. The standard InChI is InChI=1S/C18H27N3O4S/c19-18(9-1-2-10-18)17(22)20-12-14-5-7-16(8-6-14)26(23,24)21-13-15-4-3-11-25-15/h5-8,15,21H,1-4,9-13,19H2,(H,20,22). The van der Waals surface area contributed by atoms with Gasteiger partial charge in [-0.1, -0.05) is 25.0 Å². The molecule has 2 fully saturated rings. The Balaban J connectivity index is 1.53. The molecule has 1 atom stereocenters. The molecule has 1 heterocycles. The molecule has 1 saturated heterocycles. The average molecular weight is 381 g/mol. The Labute approximate surface area is 154 Å². The van der Waals surface area contributed by atoms with Gasteiger partial charge >= 0.3 is 0 Å². The average Bonchev–Trinajstić information content (AvgIpc) is 3.31. The molecule has 144 valence electrons. The molecule has 0 aromatic heterocycles. The number of benzene rings is 1. The molecule has 0 bridgehead atoms. The van der Waals surface area contributed by atoms with Gasteiger partial charge in [0.2, 0.25) is 15.9 Å². The Morgan fingerprint density at radius 3 is 2.50 bits per heavy atom. The van der Waals surface area contributed by atoms with Gasteiger partial charge in [0.1, 0.15) is 0 Å². The van der Waals surface area contributed by atoms with Crippen molar-refractivity contribution in [2.24, 2.45) is 5.73 Å². The molecule has 1 aliphatic heterocycles. The fourth-order valence-electron chi connectivity index (χ4n) is 3.47. The van der Waals surface area contributed by atoms with Crippen molar-refractivity contribution in [3.05, 3.63) is 29.8 Å². The van der Waals surface area contributed by atoms with Gasteiger partial charge in [-0.2, -0.15) is 0 Å². The van der Waals surface area contributed by atoms with Gasteiger partial charge < -0.3 is 15.8 Å². The molecule has 1 saturated carbocycles. The molecular weight excluding hydrogens is 354 g/mol. The Bertz CT molecular complexity index is 721. The van der Waals surface area contributed by atoms with Crippen LogP contribution in [0.2, 0.25) is 0 Å². The summed E-state index contributed by atoms with van der Waals surface area (Å²) in [5.74, 6) is -0.134. The molecule has 1 unspecified atom stereocenters. The van der Waals surface area contributed by atoms with E-state index in [-0.39, 0.29) is 16.9 Å². The minimum absolute atomic E-state index is 0.0431. The first-order valence-corrected chi connectivity index (χ1v) is 10.6. The SMILES string of the molecule is NC1(C(=O)NCc2ccc(S(=O)(=O)NCC3CCCO3)cc2)CCCC1. The number of hydrogen-bond acceptors (Lipinski definition) is 5. The van der Waals surface area contributed by atoms with Crippen LogP contribution in [0.4, 0.5) is 0 Å². The first kappa shape index (κ1) is 19.3. The maximum Gasteiger partial charge on any atom is 0.240 e. The summed E-state index contributed by atoms with van der Waals surface area (Å²) in [5.41, 5.74) is 6.20. The number of sulfonamides is 1. The molecule has 3 rings (SSSR count). The summed E-state index contributed by atoms with van der Waals surface area (Å²) >= 11 is 0. The topological polar surface area (TPSA) is 111 Å². The molecule has 7 nitrogen and oxygen atoms in total. The van der Waals surface area contributed by atoms with Gasteiger partial charge in [-0.15, -0.1) is 0 Å². The molecular formula is C18H27N3O4S. The second kappa shape index (κ2) is 8.04. The summed E-state index contributed by atoms with van der Waals surface area (Å²) in [6, 6.07) is 6.51. The van der Waals surface area contributed by atoms with E-state index in [0.29, 0.717) is 32.5 Å². The number of nitrogens with one attached hydrogen (secondary N) is 2. The zero-order chi connectivity index (χ0) is 18.6. The van der Waals surface area contributed by atoms with Crippen LogP contribution in [0.25, 0.3) is 0 Å². The third kappa shape index (κ3) is 4.62. The molecule has 2 aliphatic rings. The van der Waals surface area contributed by atoms with Gasteiger partial charge in [0.05, 0.1) is 16.5 Å². The van der Waals surface area contributed by atoms with Gasteiger partial charge in [0.25, 0.3) is 0 Å². The van der Waals surface area contributed by atoms with Crippen molar-refractivity contribution in [2.75, 3.05) is 13.2 Å². The number of rotatable bonds is 7. The van der Waals surface area contributed by atoms with Gasteiger partial charge in [0.15, 0.2) is 0 Å². The van der Waals surface area contributed by atoms with Crippen LogP contribution in [-0.2, 0) is 26.1 Å². The molecule has 26 heavy (non-hydrogen) atoms. The highest BCUT2D eigenvalue weighted by atomic mass is 32.2. The largest absolute Gasteiger partial charge is 0.377 e. The first-order valence-electron chi connectivity index (χ1n) is 9.16. The molecule has 4 N–H and O–H groups in total. The van der Waals surface area contributed by atoms with Crippen LogP contribution in [0, 0.1) is 0 Å². The first-order chi connectivity index (χ1) is 12.4. The monoisotopic (exact) mass is 381 g/mol. The summed E-state index contributed by atoms with van der Waals surface area (Å²) in [4.78, 5) is 12.4. The fraction of sp³-hybridized carbons (Fsp3) is 0.611. The van der Waals surface area contributed by atoms with Crippen molar-refractivity contribution < 1.29 is 17.9 Å². The van der Waals surface area contributed by atoms with Crippen LogP contribution >= 0.6 is 0 Å². The Morgan fingerprint density at radius 1 is 1.19 bits per heavy atom. The highest BCUT2D eigenvalue weighted by Crippen LogP contribution is 2.27. The predicted molar refractivity (Wildman–Crippen MR) is 97.8 cm³/mol. The van der Waals surface area contributed by atoms with Crippen molar-refractivity contribution in [3.8, 4) is 0 Å². The number of ether oxygens (including phenoxy) is 1. The minimum atomic E-state index is -3.56. The quantitative estimate of drug-likeness (QED) is 0.653. The number of hydrogen-bond donors (Lipinski definition) is 3. The second-order valence-corrected chi connectivity index (χ2v) is 8.94. The van der Waals surface area contributed by atoms with Crippen LogP contribution in [0.1, 0.15) is 44.1 Å². The van der Waals surface area contributed by atoms with Crippen molar-refractivity contribution in [1.29, 1.82) is 0 Å². The predicted octanol–water partition coefficient (Wildman–Crippen LogP) is 1.03. The maximum atomic E-state index is 12.3. The summed E-state index contributed by atoms with van der Waals surface area (Å²) in [7, 11) is -3.56. The van der Waals surface area contributed by atoms with Crippen LogP contribution in [-0.4, -0.2) is 39.1 Å². The van der Waals surface area contributed by atoms with E-state index in [9.17, 15) is 13.2 Å². The Morgan fingerprint density at radius 2 is 1.88 bits per heavy atom. The lowest BCUT2D eigenvalue weighted by molar-refractivity contribution is -0.126. The second-order valence-electron chi connectivity index (χ2n) is 7.18. The van der Waals surface area contributed by atoms with Crippen LogP contribution in [0.5, 0.6) is 0 Å². The van der Waals surface area contributed by atoms with Crippen molar-refractivity contribution in [1.82, 2.24) is 10.0 Å². The number of carbonyl (C=O) groups excluding carboxylic acids is 1. The van der Waals surface area contributed by atoms with E-state index in [1.165, 1.54) is 0 Å². The molecule has 1 aromatic carbocycles. The number of carbonyl (C=O) groups is 1. The summed E-state index contributed by atoms with van der Waals surface area (Å²) in [5, 5.41) is 2.86. The van der Waals surface area contributed by atoms with Crippen molar-refractivity contribution in [2.45, 2.75) is 61.6 Å². The lowest BCUT2D eigenvalue weighted by Crippen LogP contribution is -2.51. The van der Waals surface area contributed by atoms with Crippen LogP contribution < -0.4 is 15.8 Å². The van der Waals surface area contributed by atoms with E-state index in [4.69, 9.17) is 10.5 Å². The van der Waals surface area contributed by atoms with Crippen LogP contribution in [0.3, 0.4) is 0 Å². The van der Waals surface area contributed by atoms with E-state index in [2.05, 4.69) is 10.0 Å². The van der Waals surface area contributed by atoms with Gasteiger partial charge in [-0.3, -0.25) is 4.79 Å². The highest BCUT2D eigenvalue weighted by Gasteiger charge is 2.36. The molecule has 1 amide bonds. The Hall–Kier alpha value is -1.48. The molecule has 8 heteroatoms. The fourth-order valence-corrected chi connectivity index (χ4v) is 4.54. The van der Waals surface area contributed by atoms with Gasteiger partial charge in [-0.05, 0) is 43.4 Å². The summed E-state index contributed by atoms with van der Waals surface area (Å²) in [6.07, 6.45) is 5.20. The van der Waals surface area contributed by atoms with Crippen molar-refractivity contribution >= 4 is 15.9 Å². The lowest BCUT2D eigenvalue weighted by atomic mass is 9.98. The summed E-state index contributed by atoms with van der Waals surface area (Å²) < 4.78 is 32.7. The van der Waals surface area contributed by atoms with E-state index in [1.807, 2.05) is 0 Å². The van der Waals surface area contributed by atoms with E-state index in [0.717, 1.165) is 31.2 Å². The van der Waals surface area contributed by atoms with E-state index < -0.39 is 15.6 Å². The zero-order valence-corrected chi connectivity index (χ0v) is 15.7.